The quantitative estimate of drug-likeness (QED) is 0.295. The average Bonchev–Trinajstić information content (AvgIpc) is 3.40. The second-order valence-electron chi connectivity index (χ2n) is 9.38. The predicted octanol–water partition coefficient (Wildman–Crippen LogP) is 6.26. The molecule has 1 saturated heterocycles. The highest BCUT2D eigenvalue weighted by Gasteiger charge is 2.31. The number of nitrogens with zero attached hydrogens (tertiary/aromatic N) is 5. The van der Waals surface area contributed by atoms with Crippen LogP contribution in [0.3, 0.4) is 0 Å². The van der Waals surface area contributed by atoms with Crippen molar-refractivity contribution < 1.29 is 4.39 Å². The largest absolute Gasteiger partial charge is 0.293 e. The second kappa shape index (κ2) is 9.77. The summed E-state index contributed by atoms with van der Waals surface area (Å²) < 4.78 is 19.1. The van der Waals surface area contributed by atoms with E-state index >= 15 is 0 Å². The third-order valence-electron chi connectivity index (χ3n) is 6.26. The Morgan fingerprint density at radius 3 is 2.62 bits per heavy atom. The van der Waals surface area contributed by atoms with Crippen molar-refractivity contribution in [3.8, 4) is 5.69 Å². The molecule has 5 rings (SSSR count). The minimum Gasteiger partial charge on any atom is -0.293 e. The molecule has 0 spiro atoms. The zero-order valence-electron chi connectivity index (χ0n) is 20.0. The van der Waals surface area contributed by atoms with Crippen molar-refractivity contribution in [2.45, 2.75) is 37.9 Å². The van der Waals surface area contributed by atoms with Gasteiger partial charge in [0, 0.05) is 37.6 Å². The van der Waals surface area contributed by atoms with Crippen LogP contribution in [-0.2, 0) is 0 Å². The van der Waals surface area contributed by atoms with Crippen LogP contribution in [0.5, 0.6) is 0 Å². The van der Waals surface area contributed by atoms with Gasteiger partial charge in [0.1, 0.15) is 5.82 Å². The number of halogens is 1. The number of hydrogen-bond acceptors (Lipinski definition) is 6. The molecule has 0 amide bonds. The summed E-state index contributed by atoms with van der Waals surface area (Å²) in [4.78, 5) is 7.06. The molecule has 0 aliphatic carbocycles. The van der Waals surface area contributed by atoms with E-state index in [0.717, 1.165) is 47.8 Å². The maximum Gasteiger partial charge on any atom is 0.123 e. The number of aromatic nitrogens is 3. The van der Waals surface area contributed by atoms with Gasteiger partial charge in [-0.15, -0.1) is 11.3 Å². The SMILES string of the molecule is Cc1ncc(SN2CCN(CC(C)C)C(c3cc4cnn(-c5ccc(F)cc5)c4cc3C)C2)s1. The Kier molecular flexibility index (Phi) is 6.75. The summed E-state index contributed by atoms with van der Waals surface area (Å²) in [5.41, 5.74) is 4.53. The Balaban J connectivity index is 1.47. The Bertz CT molecular complexity index is 1280. The van der Waals surface area contributed by atoms with Crippen molar-refractivity contribution in [2.75, 3.05) is 26.2 Å². The molecule has 0 saturated carbocycles. The van der Waals surface area contributed by atoms with Gasteiger partial charge in [-0.2, -0.15) is 5.10 Å². The van der Waals surface area contributed by atoms with E-state index in [1.165, 1.54) is 27.5 Å². The van der Waals surface area contributed by atoms with E-state index in [1.54, 1.807) is 23.5 Å². The molecule has 0 N–H and O–H groups in total. The van der Waals surface area contributed by atoms with Crippen LogP contribution in [-0.4, -0.2) is 50.1 Å². The highest BCUT2D eigenvalue weighted by Crippen LogP contribution is 2.36. The van der Waals surface area contributed by atoms with E-state index in [1.807, 2.05) is 29.0 Å². The highest BCUT2D eigenvalue weighted by molar-refractivity contribution is 7.98. The van der Waals surface area contributed by atoms with Gasteiger partial charge in [0.15, 0.2) is 0 Å². The fourth-order valence-electron chi connectivity index (χ4n) is 4.72. The van der Waals surface area contributed by atoms with Crippen LogP contribution >= 0.6 is 23.3 Å². The zero-order valence-corrected chi connectivity index (χ0v) is 21.7. The maximum absolute atomic E-state index is 13.4. The van der Waals surface area contributed by atoms with Gasteiger partial charge >= 0.3 is 0 Å². The maximum atomic E-state index is 13.4. The minimum absolute atomic E-state index is 0.239. The predicted molar refractivity (Wildman–Crippen MR) is 139 cm³/mol. The molecule has 3 heterocycles. The minimum atomic E-state index is -0.239. The Labute approximate surface area is 208 Å². The van der Waals surface area contributed by atoms with Crippen LogP contribution in [0.25, 0.3) is 16.6 Å². The van der Waals surface area contributed by atoms with E-state index in [4.69, 9.17) is 0 Å². The standard InChI is InChI=1S/C26H30FN5S2/c1-17(2)15-30-9-10-31(34-26-14-28-19(4)33-26)16-25(30)23-12-20-13-29-32(24(20)11-18(23)3)22-7-5-21(27)6-8-22/h5-8,11-14,17,25H,9-10,15-16H2,1-4H3. The number of piperazine rings is 1. The molecule has 1 aliphatic heterocycles. The number of aryl methyl sites for hydroxylation is 2. The van der Waals surface area contributed by atoms with Gasteiger partial charge in [0.2, 0.25) is 0 Å². The van der Waals surface area contributed by atoms with Crippen LogP contribution < -0.4 is 0 Å². The molecule has 34 heavy (non-hydrogen) atoms. The van der Waals surface area contributed by atoms with Crippen molar-refractivity contribution in [3.05, 3.63) is 70.7 Å². The first-order chi connectivity index (χ1) is 16.4. The van der Waals surface area contributed by atoms with Gasteiger partial charge in [0.25, 0.3) is 0 Å². The molecule has 1 fully saturated rings. The van der Waals surface area contributed by atoms with Crippen LogP contribution in [0.2, 0.25) is 0 Å². The molecule has 178 valence electrons. The summed E-state index contributed by atoms with van der Waals surface area (Å²) in [6, 6.07) is 11.4. The first-order valence-electron chi connectivity index (χ1n) is 11.7. The third-order valence-corrected chi connectivity index (χ3v) is 8.31. The summed E-state index contributed by atoms with van der Waals surface area (Å²) in [5.74, 6) is 0.369. The Hall–Kier alpha value is -2.26. The molecule has 1 atom stereocenters. The second-order valence-corrected chi connectivity index (χ2v) is 12.0. The summed E-state index contributed by atoms with van der Waals surface area (Å²) in [6.45, 7) is 13.0. The highest BCUT2D eigenvalue weighted by atomic mass is 32.2. The van der Waals surface area contributed by atoms with E-state index in [2.05, 4.69) is 59.1 Å². The lowest BCUT2D eigenvalue weighted by Gasteiger charge is -2.42. The molecular formula is C26H30FN5S2. The first-order valence-corrected chi connectivity index (χ1v) is 13.3. The Morgan fingerprint density at radius 1 is 1.12 bits per heavy atom. The molecule has 0 radical (unpaired) electrons. The van der Waals surface area contributed by atoms with E-state index in [9.17, 15) is 4.39 Å². The summed E-state index contributed by atoms with van der Waals surface area (Å²) in [7, 11) is 0. The number of fused-ring (bicyclic) bond motifs is 1. The van der Waals surface area contributed by atoms with Crippen LogP contribution in [0.15, 0.2) is 53.0 Å². The summed E-state index contributed by atoms with van der Waals surface area (Å²) in [6.07, 6.45) is 3.91. The van der Waals surface area contributed by atoms with Gasteiger partial charge in [-0.1, -0.05) is 13.8 Å². The molecule has 2 aromatic heterocycles. The van der Waals surface area contributed by atoms with E-state index in [0.29, 0.717) is 12.0 Å². The smallest absolute Gasteiger partial charge is 0.123 e. The van der Waals surface area contributed by atoms with Gasteiger partial charge in [-0.05, 0) is 79.2 Å². The first kappa shape index (κ1) is 23.5. The normalized spacial score (nSPS) is 17.8. The average molecular weight is 496 g/mol. The summed E-state index contributed by atoms with van der Waals surface area (Å²) >= 11 is 3.59. The molecule has 5 nitrogen and oxygen atoms in total. The van der Waals surface area contributed by atoms with Crippen LogP contribution in [0.4, 0.5) is 4.39 Å². The molecular weight excluding hydrogens is 465 g/mol. The van der Waals surface area contributed by atoms with Crippen LogP contribution in [0, 0.1) is 25.6 Å². The van der Waals surface area contributed by atoms with Crippen molar-refractivity contribution in [1.29, 1.82) is 0 Å². The van der Waals surface area contributed by atoms with Crippen molar-refractivity contribution in [1.82, 2.24) is 24.0 Å². The van der Waals surface area contributed by atoms with Crippen molar-refractivity contribution in [2.24, 2.45) is 5.92 Å². The lowest BCUT2D eigenvalue weighted by Crippen LogP contribution is -2.47. The zero-order chi connectivity index (χ0) is 23.8. The molecule has 2 aromatic carbocycles. The van der Waals surface area contributed by atoms with Gasteiger partial charge < -0.3 is 0 Å². The monoisotopic (exact) mass is 495 g/mol. The topological polar surface area (TPSA) is 37.2 Å². The van der Waals surface area contributed by atoms with Crippen molar-refractivity contribution in [3.63, 3.8) is 0 Å². The number of thiazole rings is 1. The number of rotatable bonds is 6. The lowest BCUT2D eigenvalue weighted by atomic mass is 9.96. The number of hydrogen-bond donors (Lipinski definition) is 0. The molecule has 4 aromatic rings. The van der Waals surface area contributed by atoms with Gasteiger partial charge in [-0.3, -0.25) is 4.90 Å². The van der Waals surface area contributed by atoms with E-state index < -0.39 is 0 Å². The third kappa shape index (κ3) is 4.91. The fourth-order valence-corrected chi connectivity index (χ4v) is 6.79. The number of benzene rings is 2. The molecule has 8 heteroatoms. The van der Waals surface area contributed by atoms with Crippen LogP contribution in [0.1, 0.15) is 36.0 Å². The van der Waals surface area contributed by atoms with Gasteiger partial charge in [-0.25, -0.2) is 18.4 Å². The lowest BCUT2D eigenvalue weighted by molar-refractivity contribution is 0.110. The van der Waals surface area contributed by atoms with E-state index in [-0.39, 0.29) is 5.82 Å². The fraction of sp³-hybridized carbons (Fsp3) is 0.385. The molecule has 1 aliphatic rings. The van der Waals surface area contributed by atoms with Gasteiger partial charge in [0.05, 0.1) is 32.8 Å². The summed E-state index contributed by atoms with van der Waals surface area (Å²) in [5, 5.41) is 6.84. The Morgan fingerprint density at radius 2 is 1.91 bits per heavy atom. The van der Waals surface area contributed by atoms with Crippen molar-refractivity contribution >= 4 is 34.2 Å². The molecule has 1 unspecified atom stereocenters. The molecule has 0 bridgehead atoms.